The summed E-state index contributed by atoms with van der Waals surface area (Å²) in [4.78, 5) is 11.4. The van der Waals surface area contributed by atoms with E-state index >= 15 is 0 Å². The first kappa shape index (κ1) is 12.7. The van der Waals surface area contributed by atoms with Crippen molar-refractivity contribution in [2.75, 3.05) is 7.11 Å². The molecule has 0 heterocycles. The van der Waals surface area contributed by atoms with Gasteiger partial charge in [-0.2, -0.15) is 5.26 Å². The minimum Gasteiger partial charge on any atom is -0.468 e. The van der Waals surface area contributed by atoms with E-state index in [1.165, 1.54) is 7.11 Å². The summed E-state index contributed by atoms with van der Waals surface area (Å²) in [5.41, 5.74) is -0.416. The molecule has 1 unspecified atom stereocenters. The smallest absolute Gasteiger partial charge is 0.330 e. The number of allylic oxidation sites excluding steroid dienone is 1. The first-order valence-corrected chi connectivity index (χ1v) is 4.57. The van der Waals surface area contributed by atoms with Crippen molar-refractivity contribution in [1.82, 2.24) is 0 Å². The quantitative estimate of drug-likeness (QED) is 0.513. The lowest BCUT2D eigenvalue weighted by atomic mass is 9.83. The molecule has 0 aliphatic rings. The maximum Gasteiger partial charge on any atom is 0.330 e. The Bertz CT molecular complexity index is 286. The van der Waals surface area contributed by atoms with E-state index in [4.69, 9.17) is 5.26 Å². The molecule has 0 radical (unpaired) electrons. The molecule has 0 bridgehead atoms. The summed E-state index contributed by atoms with van der Waals surface area (Å²) in [5, 5.41) is 8.98. The van der Waals surface area contributed by atoms with Crippen LogP contribution in [0, 0.1) is 22.7 Å². The molecule has 0 spiro atoms. The Morgan fingerprint density at radius 3 is 2.36 bits per heavy atom. The normalized spacial score (nSPS) is 15.9. The monoisotopic (exact) mass is 195 g/mol. The standard InChI is InChI=1S/C11H17NO2/c1-8(2)6-9(3)11(4,7-12)10(13)14-5/h6,8H,1-5H3/b9-6+. The van der Waals surface area contributed by atoms with Gasteiger partial charge in [0.15, 0.2) is 5.41 Å². The van der Waals surface area contributed by atoms with Crippen LogP contribution in [0.4, 0.5) is 0 Å². The van der Waals surface area contributed by atoms with Crippen LogP contribution in [0.5, 0.6) is 0 Å². The first-order valence-electron chi connectivity index (χ1n) is 4.57. The van der Waals surface area contributed by atoms with Crippen LogP contribution in [0.1, 0.15) is 27.7 Å². The highest BCUT2D eigenvalue weighted by molar-refractivity contribution is 5.83. The van der Waals surface area contributed by atoms with E-state index in [1.54, 1.807) is 13.8 Å². The summed E-state index contributed by atoms with van der Waals surface area (Å²) in [6, 6.07) is 1.99. The van der Waals surface area contributed by atoms with Crippen LogP contribution in [-0.2, 0) is 9.53 Å². The van der Waals surface area contributed by atoms with Gasteiger partial charge in [-0.3, -0.25) is 0 Å². The van der Waals surface area contributed by atoms with Crippen LogP contribution in [0.3, 0.4) is 0 Å². The van der Waals surface area contributed by atoms with Gasteiger partial charge in [-0.25, -0.2) is 4.79 Å². The molecule has 0 aliphatic heterocycles. The lowest BCUT2D eigenvalue weighted by Gasteiger charge is -2.20. The molecule has 0 aromatic rings. The van der Waals surface area contributed by atoms with Crippen LogP contribution in [-0.4, -0.2) is 13.1 Å². The SMILES string of the molecule is COC(=O)C(C)(C#N)/C(C)=C/C(C)C. The fourth-order valence-corrected chi connectivity index (χ4v) is 1.17. The van der Waals surface area contributed by atoms with Crippen molar-refractivity contribution < 1.29 is 9.53 Å². The zero-order valence-corrected chi connectivity index (χ0v) is 9.42. The van der Waals surface area contributed by atoms with Crippen LogP contribution in [0.15, 0.2) is 11.6 Å². The molecule has 0 N–H and O–H groups in total. The van der Waals surface area contributed by atoms with Crippen LogP contribution >= 0.6 is 0 Å². The van der Waals surface area contributed by atoms with E-state index in [1.807, 2.05) is 26.0 Å². The number of ether oxygens (including phenoxy) is 1. The maximum absolute atomic E-state index is 11.4. The lowest BCUT2D eigenvalue weighted by Crippen LogP contribution is -2.28. The Morgan fingerprint density at radius 1 is 1.57 bits per heavy atom. The molecule has 0 amide bonds. The van der Waals surface area contributed by atoms with E-state index in [9.17, 15) is 4.79 Å². The van der Waals surface area contributed by atoms with Crippen molar-refractivity contribution in [2.45, 2.75) is 27.7 Å². The second-order valence-electron chi connectivity index (χ2n) is 3.82. The van der Waals surface area contributed by atoms with Gasteiger partial charge in [-0.15, -0.1) is 0 Å². The van der Waals surface area contributed by atoms with Gasteiger partial charge in [-0.05, 0) is 25.3 Å². The van der Waals surface area contributed by atoms with Crippen LogP contribution < -0.4 is 0 Å². The van der Waals surface area contributed by atoms with Crippen LogP contribution in [0.25, 0.3) is 0 Å². The molecular weight excluding hydrogens is 178 g/mol. The van der Waals surface area contributed by atoms with Gasteiger partial charge in [0.1, 0.15) is 0 Å². The molecule has 0 saturated carbocycles. The minimum absolute atomic E-state index is 0.312. The second-order valence-corrected chi connectivity index (χ2v) is 3.82. The molecular formula is C11H17NO2. The molecule has 14 heavy (non-hydrogen) atoms. The third kappa shape index (κ3) is 2.59. The van der Waals surface area contributed by atoms with Gasteiger partial charge >= 0.3 is 5.97 Å². The summed E-state index contributed by atoms with van der Waals surface area (Å²) in [6.07, 6.45) is 1.90. The highest BCUT2D eigenvalue weighted by Gasteiger charge is 2.36. The largest absolute Gasteiger partial charge is 0.468 e. The third-order valence-electron chi connectivity index (χ3n) is 2.19. The molecule has 0 fully saturated rings. The number of carbonyl (C=O) groups is 1. The molecule has 3 nitrogen and oxygen atoms in total. The highest BCUT2D eigenvalue weighted by atomic mass is 16.5. The number of hydrogen-bond donors (Lipinski definition) is 0. The van der Waals surface area contributed by atoms with Crippen molar-refractivity contribution in [3.8, 4) is 6.07 Å². The fourth-order valence-electron chi connectivity index (χ4n) is 1.17. The van der Waals surface area contributed by atoms with E-state index in [2.05, 4.69) is 4.74 Å². The van der Waals surface area contributed by atoms with Gasteiger partial charge in [0, 0.05) is 0 Å². The number of carbonyl (C=O) groups excluding carboxylic acids is 1. The number of nitrogens with zero attached hydrogens (tertiary/aromatic N) is 1. The summed E-state index contributed by atoms with van der Waals surface area (Å²) < 4.78 is 4.61. The molecule has 78 valence electrons. The number of rotatable bonds is 3. The number of esters is 1. The molecule has 0 rings (SSSR count). The zero-order valence-electron chi connectivity index (χ0n) is 9.42. The van der Waals surface area contributed by atoms with E-state index in [0.29, 0.717) is 5.92 Å². The molecule has 0 saturated heterocycles. The highest BCUT2D eigenvalue weighted by Crippen LogP contribution is 2.28. The second kappa shape index (κ2) is 4.80. The molecule has 3 heteroatoms. The molecule has 0 aromatic carbocycles. The lowest BCUT2D eigenvalue weighted by molar-refractivity contribution is -0.146. The summed E-state index contributed by atoms with van der Waals surface area (Å²) in [5.74, 6) is -0.193. The van der Waals surface area contributed by atoms with E-state index in [0.717, 1.165) is 5.57 Å². The van der Waals surface area contributed by atoms with Gasteiger partial charge in [0.05, 0.1) is 13.2 Å². The van der Waals surface area contributed by atoms with Crippen molar-refractivity contribution >= 4 is 5.97 Å². The molecule has 1 atom stereocenters. The van der Waals surface area contributed by atoms with Crippen molar-refractivity contribution in [1.29, 1.82) is 5.26 Å². The Morgan fingerprint density at radius 2 is 2.07 bits per heavy atom. The van der Waals surface area contributed by atoms with Crippen molar-refractivity contribution in [3.05, 3.63) is 11.6 Å². The average Bonchev–Trinajstić information content (AvgIpc) is 2.14. The van der Waals surface area contributed by atoms with Gasteiger partial charge in [0.2, 0.25) is 0 Å². The Kier molecular flexibility index (Phi) is 4.36. The van der Waals surface area contributed by atoms with Crippen LogP contribution in [0.2, 0.25) is 0 Å². The minimum atomic E-state index is -1.15. The number of methoxy groups -OCH3 is 1. The number of nitriles is 1. The Hall–Kier alpha value is -1.30. The van der Waals surface area contributed by atoms with Gasteiger partial charge in [0.25, 0.3) is 0 Å². The average molecular weight is 195 g/mol. The Labute approximate surface area is 85.4 Å². The molecule has 0 aromatic heterocycles. The maximum atomic E-state index is 11.4. The van der Waals surface area contributed by atoms with Gasteiger partial charge < -0.3 is 4.74 Å². The predicted octanol–water partition coefficient (Wildman–Crippen LogP) is 2.29. The van der Waals surface area contributed by atoms with Gasteiger partial charge in [-0.1, -0.05) is 19.9 Å². The first-order chi connectivity index (χ1) is 6.38. The third-order valence-corrected chi connectivity index (χ3v) is 2.19. The van der Waals surface area contributed by atoms with Crippen molar-refractivity contribution in [3.63, 3.8) is 0 Å². The van der Waals surface area contributed by atoms with Crippen molar-refractivity contribution in [2.24, 2.45) is 11.3 Å². The summed E-state index contributed by atoms with van der Waals surface area (Å²) >= 11 is 0. The van der Waals surface area contributed by atoms with E-state index < -0.39 is 11.4 Å². The predicted molar refractivity (Wildman–Crippen MR) is 54.3 cm³/mol. The zero-order chi connectivity index (χ0) is 11.4. The Balaban J connectivity index is 5.08. The summed E-state index contributed by atoms with van der Waals surface area (Å²) in [7, 11) is 1.29. The summed E-state index contributed by atoms with van der Waals surface area (Å²) in [6.45, 7) is 7.35. The number of hydrogen-bond acceptors (Lipinski definition) is 3. The topological polar surface area (TPSA) is 50.1 Å². The molecule has 0 aliphatic carbocycles. The fraction of sp³-hybridized carbons (Fsp3) is 0.636. The van der Waals surface area contributed by atoms with E-state index in [-0.39, 0.29) is 0 Å².